The van der Waals surface area contributed by atoms with Gasteiger partial charge in [-0.2, -0.15) is 4.31 Å². The van der Waals surface area contributed by atoms with Crippen LogP contribution < -0.4 is 5.32 Å². The van der Waals surface area contributed by atoms with Crippen LogP contribution in [0.1, 0.15) is 11.8 Å². The zero-order chi connectivity index (χ0) is 15.5. The van der Waals surface area contributed by atoms with E-state index in [2.05, 4.69) is 5.32 Å². The van der Waals surface area contributed by atoms with E-state index in [1.807, 2.05) is 24.4 Å². The Morgan fingerprint density at radius 1 is 1.24 bits per heavy atom. The fourth-order valence-corrected chi connectivity index (χ4v) is 4.23. The zero-order valence-corrected chi connectivity index (χ0v) is 14.0. The molecule has 0 aliphatic heterocycles. The maximum Gasteiger partial charge on any atom is 0.243 e. The Morgan fingerprint density at radius 2 is 1.90 bits per heavy atom. The molecule has 0 saturated heterocycles. The summed E-state index contributed by atoms with van der Waals surface area (Å²) < 4.78 is 26.7. The number of likely N-dealkylation sites (N-methyl/N-ethyl adjacent to an activating group) is 1. The van der Waals surface area contributed by atoms with Gasteiger partial charge >= 0.3 is 0 Å². The number of sulfonamides is 1. The minimum atomic E-state index is -3.46. The summed E-state index contributed by atoms with van der Waals surface area (Å²) in [5.74, 6) is 0. The van der Waals surface area contributed by atoms with Gasteiger partial charge in [-0.25, -0.2) is 8.42 Å². The van der Waals surface area contributed by atoms with Crippen molar-refractivity contribution in [1.82, 2.24) is 4.31 Å². The zero-order valence-electron chi connectivity index (χ0n) is 12.4. The van der Waals surface area contributed by atoms with Crippen molar-refractivity contribution in [3.63, 3.8) is 0 Å². The van der Waals surface area contributed by atoms with Crippen molar-refractivity contribution in [3.05, 3.63) is 46.7 Å². The first kappa shape index (κ1) is 16.0. The molecule has 0 saturated carbocycles. The molecule has 2 rings (SSSR count). The molecule has 0 aliphatic carbocycles. The molecule has 1 N–H and O–H groups in total. The number of anilines is 1. The molecule has 114 valence electrons. The standard InChI is InChI=1S/C15H20N2O2S2/c1-12(11-14-5-4-10-20-14)17(3)21(18,19)15-8-6-13(16-2)7-9-15/h4-10,12,16H,11H2,1-3H3. The van der Waals surface area contributed by atoms with Gasteiger partial charge in [-0.15, -0.1) is 11.3 Å². The third-order valence-corrected chi connectivity index (χ3v) is 6.40. The van der Waals surface area contributed by atoms with Crippen molar-refractivity contribution in [1.29, 1.82) is 0 Å². The summed E-state index contributed by atoms with van der Waals surface area (Å²) in [6.07, 6.45) is 0.724. The van der Waals surface area contributed by atoms with Crippen molar-refractivity contribution < 1.29 is 8.42 Å². The summed E-state index contributed by atoms with van der Waals surface area (Å²) in [5.41, 5.74) is 0.892. The lowest BCUT2D eigenvalue weighted by atomic mass is 10.2. The maximum atomic E-state index is 12.6. The second kappa shape index (κ2) is 6.60. The van der Waals surface area contributed by atoms with Crippen molar-refractivity contribution in [2.45, 2.75) is 24.3 Å². The number of nitrogens with zero attached hydrogens (tertiary/aromatic N) is 1. The van der Waals surface area contributed by atoms with Crippen molar-refractivity contribution >= 4 is 27.0 Å². The van der Waals surface area contributed by atoms with Gasteiger partial charge in [0.05, 0.1) is 4.90 Å². The quantitative estimate of drug-likeness (QED) is 0.888. The summed E-state index contributed by atoms with van der Waals surface area (Å²) in [5, 5.41) is 4.99. The van der Waals surface area contributed by atoms with E-state index in [0.717, 1.165) is 12.1 Å². The van der Waals surface area contributed by atoms with Crippen molar-refractivity contribution in [3.8, 4) is 0 Å². The molecule has 0 spiro atoms. The monoisotopic (exact) mass is 324 g/mol. The molecular formula is C15H20N2O2S2. The van der Waals surface area contributed by atoms with E-state index >= 15 is 0 Å². The van der Waals surface area contributed by atoms with Gasteiger partial charge in [0.15, 0.2) is 0 Å². The molecule has 1 aromatic carbocycles. The lowest BCUT2D eigenvalue weighted by Gasteiger charge is -2.24. The van der Waals surface area contributed by atoms with Crippen LogP contribution in [-0.2, 0) is 16.4 Å². The molecule has 0 radical (unpaired) electrons. The van der Waals surface area contributed by atoms with Gasteiger partial charge < -0.3 is 5.32 Å². The first-order chi connectivity index (χ1) is 9.95. The number of benzene rings is 1. The fourth-order valence-electron chi connectivity index (χ4n) is 2.05. The van der Waals surface area contributed by atoms with Crippen LogP contribution in [0.4, 0.5) is 5.69 Å². The number of hydrogen-bond donors (Lipinski definition) is 1. The van der Waals surface area contributed by atoms with E-state index in [1.165, 1.54) is 9.18 Å². The van der Waals surface area contributed by atoms with Gasteiger partial charge in [0.25, 0.3) is 0 Å². The highest BCUT2D eigenvalue weighted by Crippen LogP contribution is 2.21. The average Bonchev–Trinajstić information content (AvgIpc) is 2.99. The second-order valence-electron chi connectivity index (χ2n) is 4.93. The number of hydrogen-bond acceptors (Lipinski definition) is 4. The number of thiophene rings is 1. The predicted molar refractivity (Wildman–Crippen MR) is 88.4 cm³/mol. The Bertz CT molecular complexity index is 664. The highest BCUT2D eigenvalue weighted by atomic mass is 32.2. The van der Waals surface area contributed by atoms with Gasteiger partial charge in [-0.1, -0.05) is 6.07 Å². The Morgan fingerprint density at radius 3 is 2.43 bits per heavy atom. The lowest BCUT2D eigenvalue weighted by Crippen LogP contribution is -2.36. The third kappa shape index (κ3) is 3.64. The molecule has 0 bridgehead atoms. The molecule has 1 aromatic heterocycles. The molecule has 6 heteroatoms. The van der Waals surface area contributed by atoms with E-state index in [0.29, 0.717) is 4.90 Å². The smallest absolute Gasteiger partial charge is 0.243 e. The Kier molecular flexibility index (Phi) is 5.03. The second-order valence-corrected chi connectivity index (χ2v) is 7.96. The Labute approximate surface area is 130 Å². The first-order valence-corrected chi connectivity index (χ1v) is 9.05. The van der Waals surface area contributed by atoms with Gasteiger partial charge in [-0.3, -0.25) is 0 Å². The van der Waals surface area contributed by atoms with Gasteiger partial charge in [-0.05, 0) is 49.1 Å². The fraction of sp³-hybridized carbons (Fsp3) is 0.333. The molecule has 1 unspecified atom stereocenters. The summed E-state index contributed by atoms with van der Waals surface area (Å²) in [7, 11) is -0.0134. The highest BCUT2D eigenvalue weighted by molar-refractivity contribution is 7.89. The maximum absolute atomic E-state index is 12.6. The summed E-state index contributed by atoms with van der Waals surface area (Å²) in [6.45, 7) is 1.93. The van der Waals surface area contributed by atoms with Crippen molar-refractivity contribution in [2.75, 3.05) is 19.4 Å². The van der Waals surface area contributed by atoms with Gasteiger partial charge in [0.2, 0.25) is 10.0 Å². The minimum Gasteiger partial charge on any atom is -0.388 e. The molecule has 1 heterocycles. The molecule has 0 fully saturated rings. The van der Waals surface area contributed by atoms with Crippen LogP contribution in [0.2, 0.25) is 0 Å². The molecule has 4 nitrogen and oxygen atoms in total. The van der Waals surface area contributed by atoms with E-state index in [9.17, 15) is 8.42 Å². The SMILES string of the molecule is CNc1ccc(S(=O)(=O)N(C)C(C)Cc2cccs2)cc1. The average molecular weight is 324 g/mol. The van der Waals surface area contributed by atoms with E-state index in [-0.39, 0.29) is 6.04 Å². The molecule has 21 heavy (non-hydrogen) atoms. The largest absolute Gasteiger partial charge is 0.388 e. The van der Waals surface area contributed by atoms with Crippen LogP contribution in [0.3, 0.4) is 0 Å². The minimum absolute atomic E-state index is 0.0855. The van der Waals surface area contributed by atoms with Gasteiger partial charge in [0.1, 0.15) is 0 Å². The Balaban J connectivity index is 2.16. The molecule has 1 atom stereocenters. The van der Waals surface area contributed by atoms with Crippen molar-refractivity contribution in [2.24, 2.45) is 0 Å². The number of nitrogens with one attached hydrogen (secondary N) is 1. The van der Waals surface area contributed by atoms with Crippen LogP contribution in [0.15, 0.2) is 46.7 Å². The predicted octanol–water partition coefficient (Wildman–Crippen LogP) is 3.04. The number of rotatable bonds is 6. The van der Waals surface area contributed by atoms with E-state index in [1.54, 1.807) is 49.7 Å². The first-order valence-electron chi connectivity index (χ1n) is 6.73. The lowest BCUT2D eigenvalue weighted by molar-refractivity contribution is 0.388. The molecular weight excluding hydrogens is 304 g/mol. The van der Waals surface area contributed by atoms with Crippen LogP contribution in [0.25, 0.3) is 0 Å². The van der Waals surface area contributed by atoms with Gasteiger partial charge in [0, 0.05) is 30.7 Å². The van der Waals surface area contributed by atoms with Crippen LogP contribution in [0, 0.1) is 0 Å². The Hall–Kier alpha value is -1.37. The molecule has 0 aliphatic rings. The third-order valence-electron chi connectivity index (χ3n) is 3.52. The summed E-state index contributed by atoms with van der Waals surface area (Å²) >= 11 is 1.65. The van der Waals surface area contributed by atoms with E-state index in [4.69, 9.17) is 0 Å². The summed E-state index contributed by atoms with van der Waals surface area (Å²) in [4.78, 5) is 1.51. The van der Waals surface area contributed by atoms with E-state index < -0.39 is 10.0 Å². The van der Waals surface area contributed by atoms with Crippen LogP contribution >= 0.6 is 11.3 Å². The normalized spacial score (nSPS) is 13.3. The molecule has 2 aromatic rings. The molecule has 0 amide bonds. The topological polar surface area (TPSA) is 49.4 Å². The van der Waals surface area contributed by atoms with Crippen LogP contribution in [-0.4, -0.2) is 32.9 Å². The highest BCUT2D eigenvalue weighted by Gasteiger charge is 2.25. The summed E-state index contributed by atoms with van der Waals surface area (Å²) in [6, 6.07) is 10.7. The van der Waals surface area contributed by atoms with Crippen LogP contribution in [0.5, 0.6) is 0 Å².